The van der Waals surface area contributed by atoms with Crippen LogP contribution in [0.15, 0.2) is 91.0 Å². The van der Waals surface area contributed by atoms with Crippen molar-refractivity contribution in [3.8, 4) is 0 Å². The van der Waals surface area contributed by atoms with Gasteiger partial charge in [0.15, 0.2) is 0 Å². The van der Waals surface area contributed by atoms with Gasteiger partial charge in [0.2, 0.25) is 0 Å². The van der Waals surface area contributed by atoms with Crippen LogP contribution >= 0.6 is 46.4 Å². The van der Waals surface area contributed by atoms with Gasteiger partial charge in [-0.05, 0) is 99.1 Å². The third-order valence-electron chi connectivity index (χ3n) is 5.51. The molecule has 5 rings (SSSR count). The Morgan fingerprint density at radius 1 is 0.438 bits per heavy atom. The molecule has 0 bridgehead atoms. The molecule has 4 heteroatoms. The molecule has 1 aliphatic carbocycles. The van der Waals surface area contributed by atoms with Gasteiger partial charge in [0.05, 0.1) is 0 Å². The molecule has 0 nitrogen and oxygen atoms in total. The van der Waals surface area contributed by atoms with E-state index < -0.39 is 0 Å². The second-order valence-corrected chi connectivity index (χ2v) is 9.31. The maximum absolute atomic E-state index is 6.45. The van der Waals surface area contributed by atoms with Crippen LogP contribution in [-0.4, -0.2) is 0 Å². The van der Waals surface area contributed by atoms with E-state index in [2.05, 4.69) is 24.3 Å². The van der Waals surface area contributed by atoms with Gasteiger partial charge < -0.3 is 0 Å². The molecule has 4 aromatic rings. The third-order valence-corrected chi connectivity index (χ3v) is 6.50. The summed E-state index contributed by atoms with van der Waals surface area (Å²) >= 11 is 25.0. The van der Waals surface area contributed by atoms with E-state index in [1.165, 1.54) is 0 Å². The van der Waals surface area contributed by atoms with Crippen LogP contribution in [0.3, 0.4) is 0 Å². The van der Waals surface area contributed by atoms with E-state index in [4.69, 9.17) is 46.4 Å². The maximum Gasteiger partial charge on any atom is 0.0412 e. The Balaban J connectivity index is 1.84. The van der Waals surface area contributed by atoms with Crippen molar-refractivity contribution < 1.29 is 0 Å². The maximum atomic E-state index is 6.45. The SMILES string of the molecule is Clc1ccc(/C=C2/C(c3ccc(Cl)cc3)=C(c3ccc(Cl)cc3)c3cc(Cl)ccc32)cc1. The molecular weight excluding hydrogens is 478 g/mol. The molecule has 0 fully saturated rings. The number of rotatable bonds is 3. The minimum absolute atomic E-state index is 0.693. The highest BCUT2D eigenvalue weighted by Gasteiger charge is 2.28. The Bertz CT molecular complexity index is 1360. The number of halogens is 4. The van der Waals surface area contributed by atoms with Crippen LogP contribution in [0.1, 0.15) is 27.8 Å². The van der Waals surface area contributed by atoms with Gasteiger partial charge in [-0.25, -0.2) is 0 Å². The van der Waals surface area contributed by atoms with E-state index in [9.17, 15) is 0 Å². The van der Waals surface area contributed by atoms with E-state index >= 15 is 0 Å². The van der Waals surface area contributed by atoms with Gasteiger partial charge >= 0.3 is 0 Å². The van der Waals surface area contributed by atoms with Crippen LogP contribution in [0.2, 0.25) is 20.1 Å². The normalized spacial score (nSPS) is 14.2. The molecule has 0 radical (unpaired) electrons. The number of allylic oxidation sites excluding steroid dienone is 2. The molecule has 0 saturated carbocycles. The predicted molar refractivity (Wildman–Crippen MR) is 140 cm³/mol. The van der Waals surface area contributed by atoms with Crippen molar-refractivity contribution in [3.63, 3.8) is 0 Å². The van der Waals surface area contributed by atoms with E-state index in [1.54, 1.807) is 0 Å². The van der Waals surface area contributed by atoms with Crippen molar-refractivity contribution in [2.75, 3.05) is 0 Å². The Kier molecular flexibility index (Phi) is 5.88. The lowest BCUT2D eigenvalue weighted by atomic mass is 9.92. The molecule has 4 aromatic carbocycles. The van der Waals surface area contributed by atoms with Gasteiger partial charge in [-0.1, -0.05) is 88.9 Å². The van der Waals surface area contributed by atoms with Gasteiger partial charge in [-0.3, -0.25) is 0 Å². The lowest BCUT2D eigenvalue weighted by Gasteiger charge is -2.12. The first-order chi connectivity index (χ1) is 15.5. The Labute approximate surface area is 207 Å². The van der Waals surface area contributed by atoms with Crippen molar-refractivity contribution >= 4 is 69.2 Å². The minimum atomic E-state index is 0.693. The van der Waals surface area contributed by atoms with Crippen molar-refractivity contribution in [2.45, 2.75) is 0 Å². The monoisotopic (exact) mass is 492 g/mol. The average Bonchev–Trinajstić information content (AvgIpc) is 3.09. The van der Waals surface area contributed by atoms with Gasteiger partial charge in [-0.15, -0.1) is 0 Å². The summed E-state index contributed by atoms with van der Waals surface area (Å²) in [5.74, 6) is 0. The molecule has 32 heavy (non-hydrogen) atoms. The summed E-state index contributed by atoms with van der Waals surface area (Å²) in [6.07, 6.45) is 2.19. The summed E-state index contributed by atoms with van der Waals surface area (Å²) in [5, 5.41) is 2.80. The zero-order valence-corrected chi connectivity index (χ0v) is 19.8. The molecule has 0 N–H and O–H groups in total. The topological polar surface area (TPSA) is 0 Å². The molecule has 0 unspecified atom stereocenters. The predicted octanol–water partition coefficient (Wildman–Crippen LogP) is 9.81. The average molecular weight is 494 g/mol. The quantitative estimate of drug-likeness (QED) is 0.266. The highest BCUT2D eigenvalue weighted by molar-refractivity contribution is 6.33. The molecule has 0 heterocycles. The van der Waals surface area contributed by atoms with Gasteiger partial charge in [0, 0.05) is 20.1 Å². The highest BCUT2D eigenvalue weighted by Crippen LogP contribution is 2.50. The Morgan fingerprint density at radius 2 is 0.906 bits per heavy atom. The molecule has 156 valence electrons. The van der Waals surface area contributed by atoms with Crippen LogP contribution in [0.4, 0.5) is 0 Å². The first-order valence-electron chi connectivity index (χ1n) is 10.0. The van der Waals surface area contributed by atoms with Crippen LogP contribution in [0.25, 0.3) is 22.8 Å². The summed E-state index contributed by atoms with van der Waals surface area (Å²) in [6.45, 7) is 0. The summed E-state index contributed by atoms with van der Waals surface area (Å²) in [7, 11) is 0. The zero-order valence-electron chi connectivity index (χ0n) is 16.7. The molecular formula is C28H16Cl4. The first kappa shape index (κ1) is 21.4. The molecule has 0 aliphatic heterocycles. The van der Waals surface area contributed by atoms with Crippen LogP contribution in [0, 0.1) is 0 Å². The lowest BCUT2D eigenvalue weighted by molar-refractivity contribution is 1.55. The second kappa shape index (κ2) is 8.81. The van der Waals surface area contributed by atoms with E-state index in [0.717, 1.165) is 44.5 Å². The molecule has 1 aliphatic rings. The fourth-order valence-electron chi connectivity index (χ4n) is 4.07. The third kappa shape index (κ3) is 4.12. The first-order valence-corrected chi connectivity index (χ1v) is 11.5. The highest BCUT2D eigenvalue weighted by atomic mass is 35.5. The number of benzene rings is 4. The standard InChI is InChI=1S/C28H16Cl4/c29-20-7-1-17(2-8-20)15-25-24-14-13-23(32)16-26(24)28(19-5-11-22(31)12-6-19)27(25)18-3-9-21(30)10-4-18/h1-16H/b25-15+. The van der Waals surface area contributed by atoms with Crippen LogP contribution < -0.4 is 0 Å². The van der Waals surface area contributed by atoms with Crippen LogP contribution in [0.5, 0.6) is 0 Å². The molecule has 0 aromatic heterocycles. The Hall–Kier alpha value is -2.48. The largest absolute Gasteiger partial charge is 0.0843 e. The molecule has 0 saturated heterocycles. The zero-order chi connectivity index (χ0) is 22.2. The summed E-state index contributed by atoms with van der Waals surface area (Å²) in [6, 6.07) is 29.7. The van der Waals surface area contributed by atoms with E-state index in [1.807, 2.05) is 72.8 Å². The Morgan fingerprint density at radius 3 is 1.47 bits per heavy atom. The fraction of sp³-hybridized carbons (Fsp3) is 0. The van der Waals surface area contributed by atoms with E-state index in [-0.39, 0.29) is 0 Å². The fourth-order valence-corrected chi connectivity index (χ4v) is 4.62. The minimum Gasteiger partial charge on any atom is -0.0843 e. The van der Waals surface area contributed by atoms with Crippen molar-refractivity contribution in [1.29, 1.82) is 0 Å². The van der Waals surface area contributed by atoms with Gasteiger partial charge in [0.1, 0.15) is 0 Å². The summed E-state index contributed by atoms with van der Waals surface area (Å²) in [4.78, 5) is 0. The van der Waals surface area contributed by atoms with Gasteiger partial charge in [0.25, 0.3) is 0 Å². The van der Waals surface area contributed by atoms with E-state index in [0.29, 0.717) is 20.1 Å². The number of fused-ring (bicyclic) bond motifs is 1. The molecule has 0 amide bonds. The van der Waals surface area contributed by atoms with Gasteiger partial charge in [-0.2, -0.15) is 0 Å². The van der Waals surface area contributed by atoms with Crippen molar-refractivity contribution in [1.82, 2.24) is 0 Å². The summed E-state index contributed by atoms with van der Waals surface area (Å²) in [5.41, 5.74) is 8.77. The van der Waals surface area contributed by atoms with Crippen molar-refractivity contribution in [2.24, 2.45) is 0 Å². The molecule has 0 spiro atoms. The smallest absolute Gasteiger partial charge is 0.0412 e. The van der Waals surface area contributed by atoms with Crippen molar-refractivity contribution in [3.05, 3.63) is 139 Å². The number of hydrogen-bond donors (Lipinski definition) is 0. The van der Waals surface area contributed by atoms with Crippen LogP contribution in [-0.2, 0) is 0 Å². The summed E-state index contributed by atoms with van der Waals surface area (Å²) < 4.78 is 0. The second-order valence-electron chi connectivity index (χ2n) is 7.56. The number of hydrogen-bond acceptors (Lipinski definition) is 0. The lowest BCUT2D eigenvalue weighted by Crippen LogP contribution is -1.89. The molecule has 0 atom stereocenters.